The smallest absolute Gasteiger partial charge is 0.397 e. The van der Waals surface area contributed by atoms with Crippen LogP contribution in [-0.2, 0) is 38.3 Å². The lowest BCUT2D eigenvalue weighted by atomic mass is 9.99. The minimum atomic E-state index is -5.06. The molecule has 4 N–H and O–H groups in total. The number of hydrogen-bond acceptors (Lipinski definition) is 11. The van der Waals surface area contributed by atoms with Crippen LogP contribution in [0.1, 0.15) is 206 Å². The molecule has 1 saturated heterocycles. The van der Waals surface area contributed by atoms with Gasteiger partial charge in [-0.1, -0.05) is 178 Å². The van der Waals surface area contributed by atoms with Gasteiger partial charge in [-0.15, -0.1) is 0 Å². The maximum Gasteiger partial charge on any atom is 0.397 e. The molecule has 1 aliphatic rings. The van der Waals surface area contributed by atoms with Gasteiger partial charge in [0.15, 0.2) is 6.29 Å². The molecule has 0 saturated carbocycles. The predicted octanol–water partition coefficient (Wildman–Crippen LogP) is 11.5. The van der Waals surface area contributed by atoms with Crippen molar-refractivity contribution in [3.63, 3.8) is 0 Å². The fourth-order valence-corrected chi connectivity index (χ4v) is 8.05. The Hall–Kier alpha value is -1.94. The van der Waals surface area contributed by atoms with Crippen LogP contribution in [0.3, 0.4) is 0 Å². The first-order valence-electron chi connectivity index (χ1n) is 25.4. The molecule has 6 unspecified atom stereocenters. The molecule has 1 rings (SSSR count). The molecule has 0 aliphatic carbocycles. The number of aliphatic hydroxyl groups is 3. The van der Waals surface area contributed by atoms with Gasteiger partial charge in [-0.3, -0.25) is 9.35 Å². The molecule has 64 heavy (non-hydrogen) atoms. The molecule has 1 aliphatic heterocycles. The van der Waals surface area contributed by atoms with Crippen molar-refractivity contribution in [2.75, 3.05) is 26.4 Å². The summed E-state index contributed by atoms with van der Waals surface area (Å²) in [6.07, 6.45) is 43.0. The summed E-state index contributed by atoms with van der Waals surface area (Å²) in [6, 6.07) is 0. The maximum atomic E-state index is 12.8. The number of allylic oxidation sites excluding steroid dienone is 8. The van der Waals surface area contributed by atoms with Gasteiger partial charge in [0.25, 0.3) is 0 Å². The van der Waals surface area contributed by atoms with Crippen LogP contribution in [0, 0.1) is 0 Å². The van der Waals surface area contributed by atoms with Crippen LogP contribution >= 0.6 is 0 Å². The summed E-state index contributed by atoms with van der Waals surface area (Å²) in [6.45, 7) is 3.92. The van der Waals surface area contributed by atoms with Crippen molar-refractivity contribution in [3.05, 3.63) is 48.6 Å². The van der Waals surface area contributed by atoms with Crippen molar-refractivity contribution < 1.29 is 56.2 Å². The second-order valence-electron chi connectivity index (χ2n) is 17.4. The van der Waals surface area contributed by atoms with Crippen LogP contribution in [0.4, 0.5) is 0 Å². The first-order chi connectivity index (χ1) is 31.1. The molecule has 1 fully saturated rings. The van der Waals surface area contributed by atoms with Crippen molar-refractivity contribution in [2.45, 2.75) is 243 Å². The molecule has 0 aromatic heterocycles. The zero-order valence-electron chi connectivity index (χ0n) is 40.1. The molecule has 13 heteroatoms. The molecule has 6 atom stereocenters. The van der Waals surface area contributed by atoms with E-state index in [0.717, 1.165) is 70.6 Å². The van der Waals surface area contributed by atoms with E-state index in [9.17, 15) is 28.5 Å². The quantitative estimate of drug-likeness (QED) is 0.0197. The normalized spacial score (nSPS) is 20.1. The van der Waals surface area contributed by atoms with Gasteiger partial charge in [0.1, 0.15) is 30.5 Å². The first kappa shape index (κ1) is 60.1. The molecule has 12 nitrogen and oxygen atoms in total. The summed E-state index contributed by atoms with van der Waals surface area (Å²) in [7, 11) is -5.06. The second kappa shape index (κ2) is 42.4. The molecular weight excluding hydrogens is 837 g/mol. The Morgan fingerprint density at radius 2 is 1.05 bits per heavy atom. The van der Waals surface area contributed by atoms with E-state index < -0.39 is 59.8 Å². The lowest BCUT2D eigenvalue weighted by molar-refractivity contribution is -0.301. The van der Waals surface area contributed by atoms with E-state index in [-0.39, 0.29) is 19.6 Å². The van der Waals surface area contributed by atoms with Gasteiger partial charge in [-0.25, -0.2) is 4.18 Å². The lowest BCUT2D eigenvalue weighted by Gasteiger charge is -2.41. The third-order valence-electron chi connectivity index (χ3n) is 11.4. The van der Waals surface area contributed by atoms with E-state index in [0.29, 0.717) is 13.0 Å². The summed E-state index contributed by atoms with van der Waals surface area (Å²) in [5.74, 6) is -0.411. The van der Waals surface area contributed by atoms with Gasteiger partial charge in [-0.05, 0) is 70.6 Å². The fourth-order valence-electron chi connectivity index (χ4n) is 7.54. The predicted molar refractivity (Wildman–Crippen MR) is 257 cm³/mol. The standard InChI is InChI=1S/C51H92O12S/c1-3-5-7-9-11-13-15-16-17-18-19-20-21-22-23-24-25-26-27-28-29-31-33-35-37-39-41-59-43-45(61-47(53)40-38-36-34-32-30-14-12-10-8-6-4-2)44-60-51-49(55)50(63-64(56,57)58)48(54)46(42-52)62-51/h10,12,15-16,18-19,21-22,45-46,48-52,54-55H,3-9,11,13-14,17,20,23-44H2,1-2H3,(H,56,57,58)/b12-10-,16-15-,19-18-,22-21-. The topological polar surface area (TPSA) is 178 Å². The zero-order chi connectivity index (χ0) is 46.8. The highest BCUT2D eigenvalue weighted by atomic mass is 32.3. The van der Waals surface area contributed by atoms with E-state index in [2.05, 4.69) is 66.6 Å². The average molecular weight is 929 g/mol. The van der Waals surface area contributed by atoms with E-state index in [4.69, 9.17) is 23.5 Å². The molecule has 0 amide bonds. The molecule has 1 heterocycles. The van der Waals surface area contributed by atoms with Gasteiger partial charge in [-0.2, -0.15) is 8.42 Å². The number of unbranched alkanes of at least 4 members (excludes halogenated alkanes) is 23. The van der Waals surface area contributed by atoms with Crippen molar-refractivity contribution >= 4 is 16.4 Å². The SMILES string of the molecule is CCCC/C=C\CCCCCCCC(=O)OC(COCCCCCCCCCCCCC/C=C\C/C=C\C/C=C\CCCCCCC)COC1OC(CO)C(O)C(OS(=O)(=O)O)C1O. The van der Waals surface area contributed by atoms with E-state index in [1.165, 1.54) is 109 Å². The average Bonchev–Trinajstić information content (AvgIpc) is 3.27. The van der Waals surface area contributed by atoms with Crippen LogP contribution in [0.5, 0.6) is 0 Å². The number of aliphatic hydroxyl groups excluding tert-OH is 3. The minimum Gasteiger partial charge on any atom is -0.457 e. The molecule has 0 spiro atoms. The summed E-state index contributed by atoms with van der Waals surface area (Å²) >= 11 is 0. The largest absolute Gasteiger partial charge is 0.457 e. The number of esters is 1. The van der Waals surface area contributed by atoms with Crippen LogP contribution in [-0.4, -0.2) is 97.5 Å². The Kier molecular flexibility index (Phi) is 39.8. The lowest BCUT2D eigenvalue weighted by Crippen LogP contribution is -2.60. The highest BCUT2D eigenvalue weighted by Crippen LogP contribution is 2.26. The van der Waals surface area contributed by atoms with Crippen LogP contribution < -0.4 is 0 Å². The van der Waals surface area contributed by atoms with Gasteiger partial charge in [0.2, 0.25) is 0 Å². The summed E-state index contributed by atoms with van der Waals surface area (Å²) < 4.78 is 59.1. The fraction of sp³-hybridized carbons (Fsp3) is 0.824. The Morgan fingerprint density at radius 1 is 0.594 bits per heavy atom. The highest BCUT2D eigenvalue weighted by Gasteiger charge is 2.48. The maximum absolute atomic E-state index is 12.8. The Morgan fingerprint density at radius 3 is 1.56 bits per heavy atom. The summed E-state index contributed by atoms with van der Waals surface area (Å²) in [5.41, 5.74) is 0. The van der Waals surface area contributed by atoms with Crippen LogP contribution in [0.15, 0.2) is 48.6 Å². The Balaban J connectivity index is 2.29. The van der Waals surface area contributed by atoms with Crippen LogP contribution in [0.2, 0.25) is 0 Å². The van der Waals surface area contributed by atoms with Gasteiger partial charge < -0.3 is 34.3 Å². The Bertz CT molecular complexity index is 1300. The number of hydrogen-bond donors (Lipinski definition) is 4. The van der Waals surface area contributed by atoms with E-state index in [1.807, 2.05) is 0 Å². The molecule has 0 radical (unpaired) electrons. The number of rotatable bonds is 44. The zero-order valence-corrected chi connectivity index (χ0v) is 40.9. The van der Waals surface area contributed by atoms with Crippen molar-refractivity contribution in [2.24, 2.45) is 0 Å². The van der Waals surface area contributed by atoms with Gasteiger partial charge in [0.05, 0.1) is 19.8 Å². The number of carbonyl (C=O) groups is 1. The molecule has 374 valence electrons. The molecule has 0 aromatic carbocycles. The van der Waals surface area contributed by atoms with Crippen molar-refractivity contribution in [1.29, 1.82) is 0 Å². The van der Waals surface area contributed by atoms with Gasteiger partial charge >= 0.3 is 16.4 Å². The third kappa shape index (κ3) is 35.3. The van der Waals surface area contributed by atoms with Crippen molar-refractivity contribution in [3.8, 4) is 0 Å². The first-order valence-corrected chi connectivity index (χ1v) is 26.8. The molecular formula is C51H92O12S. The summed E-state index contributed by atoms with van der Waals surface area (Å²) in [5, 5.41) is 30.7. The molecule has 0 bridgehead atoms. The third-order valence-corrected chi connectivity index (χ3v) is 11.9. The summed E-state index contributed by atoms with van der Waals surface area (Å²) in [4.78, 5) is 12.8. The van der Waals surface area contributed by atoms with Crippen molar-refractivity contribution in [1.82, 2.24) is 0 Å². The second-order valence-corrected chi connectivity index (χ2v) is 18.4. The van der Waals surface area contributed by atoms with Gasteiger partial charge in [0, 0.05) is 13.0 Å². The van der Waals surface area contributed by atoms with E-state index >= 15 is 0 Å². The minimum absolute atomic E-state index is 0.0302. The van der Waals surface area contributed by atoms with E-state index in [1.54, 1.807) is 0 Å². The molecule has 0 aromatic rings. The monoisotopic (exact) mass is 929 g/mol. The highest BCUT2D eigenvalue weighted by molar-refractivity contribution is 7.80. The Labute approximate surface area is 389 Å². The number of ether oxygens (including phenoxy) is 4. The number of carbonyl (C=O) groups excluding carboxylic acids is 1. The van der Waals surface area contributed by atoms with Crippen LogP contribution in [0.25, 0.3) is 0 Å².